The largest absolute Gasteiger partial charge is 2.00 e. The van der Waals surface area contributed by atoms with Crippen LogP contribution in [-0.2, 0) is 73.1 Å². The average molecular weight is 816 g/mol. The van der Waals surface area contributed by atoms with Crippen LogP contribution in [0, 0.1) is 255 Å². The molecule has 0 atom stereocenters. The van der Waals surface area contributed by atoms with Gasteiger partial charge in [-0.3, -0.25) is 4.79 Å². The maximum absolute atomic E-state index is 13.6. The molecule has 0 aromatic carbocycles. The summed E-state index contributed by atoms with van der Waals surface area (Å²) in [5.74, 6) is 4.25. The molecule has 8 fully saturated rings. The summed E-state index contributed by atoms with van der Waals surface area (Å²) in [7, 11) is 0. The number of carbonyl (C=O) groups is 1. The average Bonchev–Trinajstić information content (AvgIpc) is 3.96. The number of Topliss-reactive ketones (excluding diaryl/α,β-unsaturated/α-hetero) is 1. The van der Waals surface area contributed by atoms with E-state index in [0.29, 0.717) is 0 Å². The normalized spacial score (nSPS) is 25.2. The van der Waals surface area contributed by atoms with Gasteiger partial charge in [0.15, 0.2) is 5.78 Å². The van der Waals surface area contributed by atoms with Crippen molar-refractivity contribution in [3.63, 3.8) is 0 Å². The SMILES string of the molecule is O=C1C([C]2[CH][CH][CH][CH]2)=C([C]2[CH][CH][CH][CH]2)C([C]2[CH][CH][CH][CH]2)=C1[C]1[CH][CH][CH][CH]1.[CH]1[CH][CH][CH][CH]1.[CH]1[CH][CH][CH][CH]1.[CH]1[CH][CH][CH][CH]1.[CH]1[CH][CH][CH][CH]1.[Fe+2].[Fe+2].[Fe+2].[Fe+2]. The van der Waals surface area contributed by atoms with Crippen LogP contribution in [-0.4, -0.2) is 5.78 Å². The van der Waals surface area contributed by atoms with Gasteiger partial charge in [0.1, 0.15) is 0 Å². The van der Waals surface area contributed by atoms with Gasteiger partial charge in [-0.1, -0.05) is 0 Å². The molecule has 0 aliphatic heterocycles. The Balaban J connectivity index is 0.000000424. The first kappa shape index (κ1) is 49.2. The van der Waals surface area contributed by atoms with Crippen LogP contribution in [0.3, 0.4) is 0 Å². The number of carbonyl (C=O) groups excluding carboxylic acids is 1. The molecule has 0 amide bonds. The molecule has 0 bridgehead atoms. The Morgan fingerprint density at radius 3 is 0.500 bits per heavy atom. The molecule has 0 heterocycles. The van der Waals surface area contributed by atoms with E-state index >= 15 is 0 Å². The van der Waals surface area contributed by atoms with Crippen molar-refractivity contribution in [2.24, 2.45) is 0 Å². The van der Waals surface area contributed by atoms with Crippen LogP contribution in [0.25, 0.3) is 0 Å². The van der Waals surface area contributed by atoms with Crippen LogP contribution >= 0.6 is 0 Å². The third-order valence-corrected chi connectivity index (χ3v) is 7.23. The zero-order chi connectivity index (χ0) is 31.7. The predicted octanol–water partition coefficient (Wildman–Crippen LogP) is 7.86. The van der Waals surface area contributed by atoms with Gasteiger partial charge >= 0.3 is 68.3 Å². The molecule has 9 aliphatic carbocycles. The number of hydrogen-bond acceptors (Lipinski definition) is 1. The Labute approximate surface area is 353 Å². The smallest absolute Gasteiger partial charge is 0.289 e. The van der Waals surface area contributed by atoms with Crippen LogP contribution in [0.1, 0.15) is 0 Å². The quantitative estimate of drug-likeness (QED) is 0.265. The zero-order valence-corrected chi connectivity index (χ0v) is 31.5. The molecule has 0 N–H and O–H groups in total. The van der Waals surface area contributed by atoms with Crippen molar-refractivity contribution in [2.75, 3.05) is 0 Å². The van der Waals surface area contributed by atoms with Crippen molar-refractivity contribution in [2.45, 2.75) is 0 Å². The molecule has 0 aromatic rings. The van der Waals surface area contributed by atoms with Crippen LogP contribution in [0.4, 0.5) is 0 Å². The van der Waals surface area contributed by atoms with E-state index in [-0.39, 0.29) is 74.1 Å². The van der Waals surface area contributed by atoms with Crippen molar-refractivity contribution in [3.8, 4) is 0 Å². The van der Waals surface area contributed by atoms with Crippen molar-refractivity contribution >= 4 is 5.78 Å². The van der Waals surface area contributed by atoms with Crippen molar-refractivity contribution in [1.29, 1.82) is 0 Å². The fraction of sp³-hybridized carbons (Fsp3) is 0. The van der Waals surface area contributed by atoms with Gasteiger partial charge in [-0.05, 0) is 242 Å². The molecular weight excluding hydrogens is 780 g/mol. The van der Waals surface area contributed by atoms with E-state index in [1.165, 1.54) is 0 Å². The Kier molecular flexibility index (Phi) is 29.1. The van der Waals surface area contributed by atoms with Crippen LogP contribution < -0.4 is 0 Å². The maximum Gasteiger partial charge on any atom is 2.00 e. The first-order chi connectivity index (χ1) is 22.8. The Bertz CT molecular complexity index is 792. The van der Waals surface area contributed by atoms with Gasteiger partial charge in [0.05, 0.1) is 0 Å². The molecular formula is C45H36Fe4O+8. The van der Waals surface area contributed by atoms with Crippen molar-refractivity contribution < 1.29 is 73.1 Å². The molecule has 9 rings (SSSR count). The summed E-state index contributed by atoms with van der Waals surface area (Å²) >= 11 is 0. The van der Waals surface area contributed by atoms with E-state index in [4.69, 9.17) is 0 Å². The van der Waals surface area contributed by atoms with Gasteiger partial charge in [-0.2, -0.15) is 0 Å². The predicted molar refractivity (Wildman–Crippen MR) is 187 cm³/mol. The minimum atomic E-state index is 0. The first-order valence-electron chi connectivity index (χ1n) is 15.4. The van der Waals surface area contributed by atoms with E-state index in [1.807, 2.05) is 205 Å². The first-order valence-corrected chi connectivity index (χ1v) is 15.4. The van der Waals surface area contributed by atoms with E-state index in [9.17, 15) is 4.79 Å². The molecule has 0 unspecified atom stereocenters. The number of ketones is 1. The van der Waals surface area contributed by atoms with Gasteiger partial charge in [0.2, 0.25) is 0 Å². The number of rotatable bonds is 4. The fourth-order valence-electron chi connectivity index (χ4n) is 5.18. The molecule has 5 heteroatoms. The minimum Gasteiger partial charge on any atom is -0.289 e. The monoisotopic (exact) mass is 816 g/mol. The summed E-state index contributed by atoms with van der Waals surface area (Å²) in [6.45, 7) is 0. The van der Waals surface area contributed by atoms with Crippen molar-refractivity contribution in [3.05, 3.63) is 277 Å². The van der Waals surface area contributed by atoms with Gasteiger partial charge < -0.3 is 0 Å². The summed E-state index contributed by atoms with van der Waals surface area (Å²) < 4.78 is 0. The molecule has 0 spiro atoms. The molecule has 50 heavy (non-hydrogen) atoms. The summed E-state index contributed by atoms with van der Waals surface area (Å²) in [6.07, 6.45) is 72.5. The van der Waals surface area contributed by atoms with Crippen LogP contribution in [0.15, 0.2) is 22.3 Å². The van der Waals surface area contributed by atoms with E-state index < -0.39 is 0 Å². The second-order valence-corrected chi connectivity index (χ2v) is 10.4. The Morgan fingerprint density at radius 2 is 0.340 bits per heavy atom. The third kappa shape index (κ3) is 15.8. The zero-order valence-electron chi connectivity index (χ0n) is 27.1. The van der Waals surface area contributed by atoms with E-state index in [0.717, 1.165) is 46.0 Å². The minimum absolute atomic E-state index is 0. The van der Waals surface area contributed by atoms with E-state index in [2.05, 4.69) is 25.7 Å². The molecule has 246 valence electrons. The van der Waals surface area contributed by atoms with Crippen LogP contribution in [0.2, 0.25) is 0 Å². The number of allylic oxidation sites excluding steroid dienone is 4. The van der Waals surface area contributed by atoms with Crippen LogP contribution in [0.5, 0.6) is 0 Å². The van der Waals surface area contributed by atoms with Gasteiger partial charge in [-0.25, -0.2) is 0 Å². The molecule has 1 nitrogen and oxygen atoms in total. The summed E-state index contributed by atoms with van der Waals surface area (Å²) in [4.78, 5) is 13.6. The molecule has 9 aliphatic rings. The Morgan fingerprint density at radius 1 is 0.200 bits per heavy atom. The molecule has 8 saturated carbocycles. The fourth-order valence-corrected chi connectivity index (χ4v) is 5.18. The molecule has 0 saturated heterocycles. The number of hydrogen-bond donors (Lipinski definition) is 0. The standard InChI is InChI=1S/C25H16O.4C5H5.4Fe/c26-25-23(19-13-5-6-14-19)21(17-9-1-2-10-17)22(18-11-3-4-12-18)24(25)20-15-7-8-16-20;4*1-2-4-5-3-1;;;;/h1-16H;4*1-5H;;;;/q;;;;;4*+2. The second kappa shape index (κ2) is 29.5. The summed E-state index contributed by atoms with van der Waals surface area (Å²) in [6, 6.07) is 0. The maximum atomic E-state index is 13.6. The van der Waals surface area contributed by atoms with Crippen molar-refractivity contribution in [1.82, 2.24) is 0 Å². The summed E-state index contributed by atoms with van der Waals surface area (Å²) in [5, 5.41) is 0. The van der Waals surface area contributed by atoms with E-state index in [1.54, 1.807) is 0 Å². The summed E-state index contributed by atoms with van der Waals surface area (Å²) in [5.41, 5.74) is 3.67. The van der Waals surface area contributed by atoms with Gasteiger partial charge in [-0.15, -0.1) is 0 Å². The Hall–Kier alpha value is 1.23. The second-order valence-electron chi connectivity index (χ2n) is 10.4. The topological polar surface area (TPSA) is 17.1 Å². The van der Waals surface area contributed by atoms with Gasteiger partial charge in [0, 0.05) is 34.8 Å². The third-order valence-electron chi connectivity index (χ3n) is 7.23. The van der Waals surface area contributed by atoms with Gasteiger partial charge in [0.25, 0.3) is 0 Å². The molecule has 0 aromatic heterocycles. The molecule has 40 radical (unpaired) electrons.